The fraction of sp³-hybridized carbons (Fsp3) is 0.429. The minimum atomic E-state index is -0.765. The molecule has 5 heteroatoms. The van der Waals surface area contributed by atoms with Gasteiger partial charge in [-0.2, -0.15) is 0 Å². The van der Waals surface area contributed by atoms with Crippen LogP contribution in [0.5, 0.6) is 17.2 Å². The van der Waals surface area contributed by atoms with Crippen molar-refractivity contribution in [3.8, 4) is 17.2 Å². The lowest BCUT2D eigenvalue weighted by Gasteiger charge is -2.21. The molecule has 0 fully saturated rings. The molecule has 1 aromatic carbocycles. The average molecular weight is 358 g/mol. The molecule has 3 rings (SSSR count). The molecule has 0 saturated carbocycles. The molecule has 0 bridgehead atoms. The van der Waals surface area contributed by atoms with Crippen LogP contribution in [0.3, 0.4) is 0 Å². The van der Waals surface area contributed by atoms with Crippen molar-refractivity contribution in [2.24, 2.45) is 5.92 Å². The number of aliphatic hydroxyl groups excluding tert-OH is 1. The van der Waals surface area contributed by atoms with E-state index in [-0.39, 0.29) is 5.92 Å². The van der Waals surface area contributed by atoms with Crippen molar-refractivity contribution >= 4 is 5.57 Å². The molecule has 1 unspecified atom stereocenters. The maximum atomic E-state index is 10.5. The van der Waals surface area contributed by atoms with Crippen LogP contribution in [0.1, 0.15) is 24.5 Å². The highest BCUT2D eigenvalue weighted by molar-refractivity contribution is 5.88. The second-order valence-electron chi connectivity index (χ2n) is 6.54. The van der Waals surface area contributed by atoms with E-state index in [9.17, 15) is 5.11 Å². The van der Waals surface area contributed by atoms with E-state index in [1.54, 1.807) is 28.4 Å². The molecule has 1 N–H and O–H groups in total. The number of fused-ring (bicyclic) bond motifs is 3. The van der Waals surface area contributed by atoms with Crippen LogP contribution in [0.4, 0.5) is 0 Å². The van der Waals surface area contributed by atoms with Gasteiger partial charge in [-0.1, -0.05) is 13.0 Å². The summed E-state index contributed by atoms with van der Waals surface area (Å²) in [5.74, 6) is 2.69. The van der Waals surface area contributed by atoms with Crippen LogP contribution < -0.4 is 14.2 Å². The van der Waals surface area contributed by atoms with E-state index < -0.39 is 6.10 Å². The molecular formula is C21H26O5. The summed E-state index contributed by atoms with van der Waals surface area (Å²) < 4.78 is 22.2. The number of hydrogen-bond donors (Lipinski definition) is 1. The van der Waals surface area contributed by atoms with Gasteiger partial charge in [0.15, 0.2) is 11.5 Å². The first-order valence-electron chi connectivity index (χ1n) is 8.73. The molecule has 2 atom stereocenters. The van der Waals surface area contributed by atoms with Crippen molar-refractivity contribution in [2.75, 3.05) is 28.4 Å². The summed E-state index contributed by atoms with van der Waals surface area (Å²) in [7, 11) is 6.44. The van der Waals surface area contributed by atoms with E-state index in [1.807, 2.05) is 24.3 Å². The predicted octanol–water partition coefficient (Wildman–Crippen LogP) is 3.51. The molecule has 0 saturated heterocycles. The highest BCUT2D eigenvalue weighted by Gasteiger charge is 2.30. The molecular weight excluding hydrogens is 332 g/mol. The molecule has 0 aromatic heterocycles. The Morgan fingerprint density at radius 3 is 2.31 bits per heavy atom. The third kappa shape index (κ3) is 2.97. The number of benzene rings is 1. The molecule has 2 aliphatic rings. The molecule has 2 aliphatic carbocycles. The van der Waals surface area contributed by atoms with Crippen LogP contribution in [0.15, 0.2) is 35.6 Å². The Labute approximate surface area is 154 Å². The first-order valence-corrected chi connectivity index (χ1v) is 8.73. The number of hydrogen-bond acceptors (Lipinski definition) is 5. The number of allylic oxidation sites excluding steroid dienone is 4. The molecule has 0 spiro atoms. The zero-order valence-corrected chi connectivity index (χ0v) is 16.0. The van der Waals surface area contributed by atoms with Gasteiger partial charge in [0.05, 0.1) is 28.4 Å². The summed E-state index contributed by atoms with van der Waals surface area (Å²) in [6.07, 6.45) is 6.78. The summed E-state index contributed by atoms with van der Waals surface area (Å²) in [4.78, 5) is 0. The van der Waals surface area contributed by atoms with Crippen molar-refractivity contribution in [2.45, 2.75) is 25.9 Å². The molecule has 1 aromatic rings. The van der Waals surface area contributed by atoms with E-state index >= 15 is 0 Å². The number of aliphatic hydroxyl groups is 1. The lowest BCUT2D eigenvalue weighted by molar-refractivity contribution is 0.160. The smallest absolute Gasteiger partial charge is 0.203 e. The zero-order chi connectivity index (χ0) is 18.8. The fourth-order valence-electron chi connectivity index (χ4n) is 3.78. The quantitative estimate of drug-likeness (QED) is 0.893. The predicted molar refractivity (Wildman–Crippen MR) is 101 cm³/mol. The maximum Gasteiger partial charge on any atom is 0.203 e. The Balaban J connectivity index is 2.32. The minimum absolute atomic E-state index is 0.287. The first kappa shape index (κ1) is 18.4. The van der Waals surface area contributed by atoms with Gasteiger partial charge in [0.2, 0.25) is 5.75 Å². The van der Waals surface area contributed by atoms with Gasteiger partial charge >= 0.3 is 0 Å². The molecule has 0 aliphatic heterocycles. The summed E-state index contributed by atoms with van der Waals surface area (Å²) in [6.45, 7) is 2.18. The van der Waals surface area contributed by atoms with E-state index in [2.05, 4.69) is 6.92 Å². The number of aryl methyl sites for hydroxylation is 1. The van der Waals surface area contributed by atoms with Gasteiger partial charge in [-0.3, -0.25) is 0 Å². The minimum Gasteiger partial charge on any atom is -0.498 e. The molecule has 140 valence electrons. The Bertz CT molecular complexity index is 788. The van der Waals surface area contributed by atoms with Gasteiger partial charge in [0, 0.05) is 5.56 Å². The largest absolute Gasteiger partial charge is 0.498 e. The summed E-state index contributed by atoms with van der Waals surface area (Å²) in [6, 6.07) is 2.02. The van der Waals surface area contributed by atoms with Gasteiger partial charge in [-0.15, -0.1) is 0 Å². The Morgan fingerprint density at radius 1 is 0.962 bits per heavy atom. The second kappa shape index (κ2) is 7.46. The van der Waals surface area contributed by atoms with Gasteiger partial charge in [-0.05, 0) is 53.7 Å². The SMILES string of the molecule is COC1=CC=C2C(=CC1O)[C@@H](C)CCc1cc(OC)c(OC)c(OC)c12. The van der Waals surface area contributed by atoms with E-state index in [0.717, 1.165) is 35.1 Å². The zero-order valence-electron chi connectivity index (χ0n) is 16.0. The molecule has 0 amide bonds. The first-order chi connectivity index (χ1) is 12.5. The molecule has 5 nitrogen and oxygen atoms in total. The molecule has 0 radical (unpaired) electrons. The Hall–Kier alpha value is -2.40. The van der Waals surface area contributed by atoms with Crippen molar-refractivity contribution in [1.29, 1.82) is 0 Å². The maximum absolute atomic E-state index is 10.5. The third-order valence-corrected chi connectivity index (χ3v) is 5.15. The van der Waals surface area contributed by atoms with E-state index in [4.69, 9.17) is 18.9 Å². The Kier molecular flexibility index (Phi) is 5.28. The lowest BCUT2D eigenvalue weighted by atomic mass is 9.88. The van der Waals surface area contributed by atoms with Gasteiger partial charge < -0.3 is 24.1 Å². The van der Waals surface area contributed by atoms with Gasteiger partial charge in [0.25, 0.3) is 0 Å². The third-order valence-electron chi connectivity index (χ3n) is 5.15. The van der Waals surface area contributed by atoms with Crippen LogP contribution in [0.2, 0.25) is 0 Å². The lowest BCUT2D eigenvalue weighted by Crippen LogP contribution is -2.10. The van der Waals surface area contributed by atoms with Crippen LogP contribution in [0, 0.1) is 5.92 Å². The van der Waals surface area contributed by atoms with E-state index in [0.29, 0.717) is 23.0 Å². The summed E-state index contributed by atoms with van der Waals surface area (Å²) in [5.41, 5.74) is 4.24. The normalized spacial score (nSPS) is 21.8. The van der Waals surface area contributed by atoms with Crippen molar-refractivity contribution in [3.05, 3.63) is 46.8 Å². The van der Waals surface area contributed by atoms with Crippen molar-refractivity contribution in [3.63, 3.8) is 0 Å². The number of ether oxygens (including phenoxy) is 4. The highest BCUT2D eigenvalue weighted by Crippen LogP contribution is 2.50. The van der Waals surface area contributed by atoms with E-state index in [1.165, 1.54) is 0 Å². The van der Waals surface area contributed by atoms with Gasteiger partial charge in [-0.25, -0.2) is 0 Å². The van der Waals surface area contributed by atoms with Crippen molar-refractivity contribution < 1.29 is 24.1 Å². The summed E-state index contributed by atoms with van der Waals surface area (Å²) in [5, 5.41) is 10.5. The number of rotatable bonds is 4. The summed E-state index contributed by atoms with van der Waals surface area (Å²) >= 11 is 0. The number of methoxy groups -OCH3 is 4. The monoisotopic (exact) mass is 358 g/mol. The fourth-order valence-corrected chi connectivity index (χ4v) is 3.78. The van der Waals surface area contributed by atoms with Crippen molar-refractivity contribution in [1.82, 2.24) is 0 Å². The molecule has 26 heavy (non-hydrogen) atoms. The topological polar surface area (TPSA) is 57.2 Å². The Morgan fingerprint density at radius 2 is 1.69 bits per heavy atom. The molecule has 0 heterocycles. The van der Waals surface area contributed by atoms with Crippen LogP contribution in [-0.2, 0) is 11.2 Å². The van der Waals surface area contributed by atoms with Crippen LogP contribution >= 0.6 is 0 Å². The average Bonchev–Trinajstić information content (AvgIpc) is 2.89. The standard InChI is InChI=1S/C21H26O5/c1-12-6-7-13-10-18(24-3)20(25-4)21(26-5)19(13)14-8-9-17(23-2)16(22)11-15(12)14/h8-12,16,22H,6-7H2,1-5H3/t12-,16?/m0/s1. The van der Waals surface area contributed by atoms with Crippen LogP contribution in [0.25, 0.3) is 5.57 Å². The van der Waals surface area contributed by atoms with Crippen LogP contribution in [-0.4, -0.2) is 39.6 Å². The second-order valence-corrected chi connectivity index (χ2v) is 6.54. The van der Waals surface area contributed by atoms with Gasteiger partial charge in [0.1, 0.15) is 11.9 Å². The highest BCUT2D eigenvalue weighted by atomic mass is 16.5.